The molecule has 0 aromatic heterocycles. The van der Waals surface area contributed by atoms with E-state index in [0.717, 1.165) is 11.1 Å². The van der Waals surface area contributed by atoms with Gasteiger partial charge >= 0.3 is 17.9 Å². The zero-order valence-electron chi connectivity index (χ0n) is 23.9. The molecule has 0 radical (unpaired) electrons. The lowest BCUT2D eigenvalue weighted by Crippen LogP contribution is -2.69. The van der Waals surface area contributed by atoms with Crippen molar-refractivity contribution in [2.75, 3.05) is 20.7 Å². The minimum atomic E-state index is -1.99. The molecular weight excluding hydrogens is 546 g/mol. The van der Waals surface area contributed by atoms with Gasteiger partial charge in [0.1, 0.15) is 5.76 Å². The molecule has 11 nitrogen and oxygen atoms in total. The lowest BCUT2D eigenvalue weighted by atomic mass is 9.54. The molecule has 5 rings (SSSR count). The minimum Gasteiger partial charge on any atom is -0.493 e. The van der Waals surface area contributed by atoms with E-state index in [1.165, 1.54) is 7.11 Å². The Kier molecular flexibility index (Phi) is 7.78. The fourth-order valence-corrected chi connectivity index (χ4v) is 6.52. The predicted octanol–water partition coefficient (Wildman–Crippen LogP) is 2.27. The molecule has 0 fully saturated rings. The quantitative estimate of drug-likeness (QED) is 0.354. The highest BCUT2D eigenvalue weighted by atomic mass is 16.6. The second-order valence-electron chi connectivity index (χ2n) is 11.1. The molecule has 2 aliphatic carbocycles. The number of hydrogen-bond donors (Lipinski definition) is 3. The molecule has 2 aromatic rings. The van der Waals surface area contributed by atoms with Crippen LogP contribution in [0.15, 0.2) is 54.3 Å². The number of ether oxygens (including phenoxy) is 4. The number of carbonyl (C=O) groups excluding carboxylic acids is 2. The van der Waals surface area contributed by atoms with Crippen molar-refractivity contribution in [1.29, 1.82) is 0 Å². The highest BCUT2D eigenvalue weighted by molar-refractivity contribution is 5.84. The van der Waals surface area contributed by atoms with Crippen molar-refractivity contribution in [1.82, 2.24) is 4.90 Å². The number of carbonyl (C=O) groups is 3. The normalized spacial score (nSPS) is 26.8. The van der Waals surface area contributed by atoms with Gasteiger partial charge in [-0.3, -0.25) is 4.79 Å². The largest absolute Gasteiger partial charge is 0.493 e. The first-order valence-electron chi connectivity index (χ1n) is 13.8. The first kappa shape index (κ1) is 29.6. The first-order valence-corrected chi connectivity index (χ1v) is 13.8. The number of aliphatic hydroxyl groups excluding tert-OH is 1. The van der Waals surface area contributed by atoms with Crippen molar-refractivity contribution < 1.29 is 48.7 Å². The number of aliphatic hydroxyl groups is 2. The summed E-state index contributed by atoms with van der Waals surface area (Å²) in [6.45, 7) is 4.64. The average Bonchev–Trinajstić information content (AvgIpc) is 3.31. The average molecular weight is 582 g/mol. The van der Waals surface area contributed by atoms with Gasteiger partial charge in [0.15, 0.2) is 23.7 Å². The number of nitrogens with zero attached hydrogens (tertiary/aromatic N) is 1. The molecule has 0 amide bonds. The number of likely N-dealkylation sites (N-methyl/N-ethyl adjacent to an activating group) is 1. The molecule has 1 aliphatic heterocycles. The Morgan fingerprint density at radius 3 is 2.52 bits per heavy atom. The topological polar surface area (TPSA) is 152 Å². The molecule has 11 heteroatoms. The van der Waals surface area contributed by atoms with E-state index in [1.54, 1.807) is 36.4 Å². The highest BCUT2D eigenvalue weighted by Gasteiger charge is 2.68. The summed E-state index contributed by atoms with van der Waals surface area (Å²) in [7, 11) is 3.50. The Morgan fingerprint density at radius 1 is 1.17 bits per heavy atom. The van der Waals surface area contributed by atoms with Gasteiger partial charge in [0.2, 0.25) is 6.10 Å². The van der Waals surface area contributed by atoms with E-state index in [4.69, 9.17) is 24.1 Å². The molecule has 0 saturated carbocycles. The highest BCUT2D eigenvalue weighted by Crippen LogP contribution is 2.62. The smallest absolute Gasteiger partial charge is 0.357 e. The van der Waals surface area contributed by atoms with Crippen LogP contribution in [-0.4, -0.2) is 82.7 Å². The Hall–Kier alpha value is -3.93. The van der Waals surface area contributed by atoms with Gasteiger partial charge < -0.3 is 39.2 Å². The van der Waals surface area contributed by atoms with Crippen LogP contribution in [0.2, 0.25) is 0 Å². The minimum absolute atomic E-state index is 0.152. The van der Waals surface area contributed by atoms with Gasteiger partial charge in [-0.25, -0.2) is 9.59 Å². The van der Waals surface area contributed by atoms with Crippen molar-refractivity contribution in [3.05, 3.63) is 71.0 Å². The number of esters is 2. The van der Waals surface area contributed by atoms with Crippen molar-refractivity contribution >= 4 is 17.9 Å². The van der Waals surface area contributed by atoms with E-state index in [0.29, 0.717) is 30.0 Å². The molecule has 3 N–H and O–H groups in total. The predicted molar refractivity (Wildman–Crippen MR) is 148 cm³/mol. The van der Waals surface area contributed by atoms with Crippen LogP contribution in [0.1, 0.15) is 49.5 Å². The van der Waals surface area contributed by atoms with Gasteiger partial charge in [0, 0.05) is 23.6 Å². The number of hydrogen-bond acceptors (Lipinski definition) is 10. The number of carboxylic acids is 1. The maximum absolute atomic E-state index is 13.6. The number of rotatable bonds is 10. The van der Waals surface area contributed by atoms with E-state index in [-0.39, 0.29) is 18.2 Å². The summed E-state index contributed by atoms with van der Waals surface area (Å²) in [5.74, 6) is -2.50. The second-order valence-corrected chi connectivity index (χ2v) is 11.1. The van der Waals surface area contributed by atoms with E-state index in [1.807, 2.05) is 33.0 Å². The molecular formula is C31H35NO10. The summed E-state index contributed by atoms with van der Waals surface area (Å²) >= 11 is 0. The summed E-state index contributed by atoms with van der Waals surface area (Å²) in [5.41, 5.74) is -0.187. The first-order chi connectivity index (χ1) is 20.0. The van der Waals surface area contributed by atoms with Crippen molar-refractivity contribution in [2.45, 2.75) is 68.5 Å². The van der Waals surface area contributed by atoms with Crippen LogP contribution in [-0.2, 0) is 35.7 Å². The lowest BCUT2D eigenvalue weighted by molar-refractivity contribution is -0.172. The van der Waals surface area contributed by atoms with E-state index in [2.05, 4.69) is 4.90 Å². The molecule has 0 bridgehead atoms. The van der Waals surface area contributed by atoms with Crippen molar-refractivity contribution in [3.63, 3.8) is 0 Å². The summed E-state index contributed by atoms with van der Waals surface area (Å²) < 4.78 is 23.3. The summed E-state index contributed by atoms with van der Waals surface area (Å²) in [4.78, 5) is 39.3. The molecule has 224 valence electrons. The molecule has 0 unspecified atom stereocenters. The Labute approximate surface area is 243 Å². The summed E-state index contributed by atoms with van der Waals surface area (Å²) in [6.07, 6.45) is -2.89. The Bertz CT molecular complexity index is 1420. The fraction of sp³-hybridized carbons (Fsp3) is 0.452. The van der Waals surface area contributed by atoms with Gasteiger partial charge in [-0.05, 0) is 44.6 Å². The van der Waals surface area contributed by atoms with Crippen LogP contribution >= 0.6 is 0 Å². The van der Waals surface area contributed by atoms with Crippen LogP contribution in [0.5, 0.6) is 11.5 Å². The van der Waals surface area contributed by atoms with Crippen LogP contribution in [0.4, 0.5) is 0 Å². The van der Waals surface area contributed by atoms with E-state index < -0.39 is 53.7 Å². The number of methoxy groups -OCH3 is 1. The van der Waals surface area contributed by atoms with Gasteiger partial charge in [0.25, 0.3) is 0 Å². The second kappa shape index (κ2) is 11.0. The third-order valence-corrected chi connectivity index (χ3v) is 8.90. The van der Waals surface area contributed by atoms with Crippen LogP contribution < -0.4 is 9.47 Å². The SMILES string of the molecule is CCN(C)[C@@H]1Cc2ccc(OC)c3c2[C@@]2(C)[C@@H](O3)C(OC(=O)[C@@H](OC(=O)C[C@H](O)C(=O)O)c3ccccc3)=CC[C@@]12O. The molecule has 0 spiro atoms. The number of benzene rings is 2. The number of aliphatic carboxylic acids is 1. The van der Waals surface area contributed by atoms with Crippen LogP contribution in [0.25, 0.3) is 0 Å². The van der Waals surface area contributed by atoms with Crippen molar-refractivity contribution in [2.24, 2.45) is 0 Å². The summed E-state index contributed by atoms with van der Waals surface area (Å²) in [5, 5.41) is 31.0. The maximum atomic E-state index is 13.6. The van der Waals surface area contributed by atoms with Crippen LogP contribution in [0.3, 0.4) is 0 Å². The van der Waals surface area contributed by atoms with Gasteiger partial charge in [0.05, 0.1) is 24.5 Å². The zero-order chi connectivity index (χ0) is 30.4. The molecule has 0 saturated heterocycles. The molecule has 3 aliphatic rings. The molecule has 1 heterocycles. The van der Waals surface area contributed by atoms with Crippen LogP contribution in [0, 0.1) is 0 Å². The number of carboxylic acid groups (broad SMARTS) is 1. The Balaban J connectivity index is 1.51. The van der Waals surface area contributed by atoms with Crippen molar-refractivity contribution in [3.8, 4) is 11.5 Å². The third kappa shape index (κ3) is 4.61. The Morgan fingerprint density at radius 2 is 1.88 bits per heavy atom. The summed E-state index contributed by atoms with van der Waals surface area (Å²) in [6, 6.07) is 11.7. The third-order valence-electron chi connectivity index (χ3n) is 8.90. The maximum Gasteiger partial charge on any atom is 0.357 e. The molecule has 42 heavy (non-hydrogen) atoms. The lowest BCUT2D eigenvalue weighted by Gasteiger charge is -2.56. The molecule has 6 atom stereocenters. The van der Waals surface area contributed by atoms with Gasteiger partial charge in [-0.2, -0.15) is 0 Å². The van der Waals surface area contributed by atoms with E-state index >= 15 is 0 Å². The zero-order valence-corrected chi connectivity index (χ0v) is 23.9. The fourth-order valence-electron chi connectivity index (χ4n) is 6.52. The van der Waals surface area contributed by atoms with Gasteiger partial charge in [-0.1, -0.05) is 43.3 Å². The standard InChI is InChI=1S/C31H35NO10/c1-5-32(3)22-15-18-11-12-20(39-4)26-24(18)30(2)27(42-26)21(13-14-31(22,30)38)40-29(37)25(17-9-7-6-8-10-17)41-23(34)16-19(33)28(35)36/h6-13,19,22,25,27,33,38H,5,14-16H2,1-4H3,(H,35,36)/t19-,22+,25-,27-,30-,31+/m0/s1. The van der Waals surface area contributed by atoms with Gasteiger partial charge in [-0.15, -0.1) is 0 Å². The monoisotopic (exact) mass is 581 g/mol. The van der Waals surface area contributed by atoms with E-state index in [9.17, 15) is 24.6 Å². The molecule has 2 aromatic carbocycles.